The van der Waals surface area contributed by atoms with E-state index in [0.29, 0.717) is 6.42 Å². The minimum absolute atomic E-state index is 0.00669. The fraction of sp³-hybridized carbons (Fsp3) is 0.455. The first-order valence-electron chi connectivity index (χ1n) is 10.1. The first-order valence-corrected chi connectivity index (χ1v) is 10.1. The number of carbonyl (C=O) groups is 4. The largest absolute Gasteiger partial charge is 0.463 e. The van der Waals surface area contributed by atoms with Gasteiger partial charge >= 0.3 is 12.1 Å². The van der Waals surface area contributed by atoms with Crippen molar-refractivity contribution in [1.82, 2.24) is 10.6 Å². The van der Waals surface area contributed by atoms with Gasteiger partial charge in [0.2, 0.25) is 11.8 Å². The Morgan fingerprint density at radius 1 is 1.03 bits per heavy atom. The van der Waals surface area contributed by atoms with E-state index in [0.717, 1.165) is 11.6 Å². The Morgan fingerprint density at radius 2 is 1.71 bits per heavy atom. The lowest BCUT2D eigenvalue weighted by Crippen LogP contribution is -2.53. The summed E-state index contributed by atoms with van der Waals surface area (Å²) in [7, 11) is 0. The van der Waals surface area contributed by atoms with Crippen molar-refractivity contribution in [3.63, 3.8) is 0 Å². The maximum absolute atomic E-state index is 12.7. The van der Waals surface area contributed by atoms with Crippen molar-refractivity contribution in [2.24, 2.45) is 11.7 Å². The number of amides is 3. The van der Waals surface area contributed by atoms with E-state index in [2.05, 4.69) is 10.6 Å². The van der Waals surface area contributed by atoms with E-state index in [4.69, 9.17) is 15.2 Å². The van der Waals surface area contributed by atoms with Gasteiger partial charge in [0.15, 0.2) is 0 Å². The van der Waals surface area contributed by atoms with Crippen molar-refractivity contribution >= 4 is 23.9 Å². The summed E-state index contributed by atoms with van der Waals surface area (Å²) in [5.74, 6) is -1.81. The van der Waals surface area contributed by atoms with E-state index in [-0.39, 0.29) is 25.6 Å². The van der Waals surface area contributed by atoms with Gasteiger partial charge in [-0.15, -0.1) is 0 Å². The summed E-state index contributed by atoms with van der Waals surface area (Å²) in [4.78, 5) is 47.9. The van der Waals surface area contributed by atoms with Gasteiger partial charge < -0.3 is 25.8 Å². The van der Waals surface area contributed by atoms with Gasteiger partial charge in [0.1, 0.15) is 18.7 Å². The maximum atomic E-state index is 12.7. The van der Waals surface area contributed by atoms with Gasteiger partial charge in [-0.2, -0.15) is 0 Å². The number of primary amides is 1. The SMILES string of the molecule is CCOC(=O)/C=C/C[C@H](NC(=O)[C@H](CC(C)C)NC(=O)OCc1ccccc1)C(N)=O. The number of esters is 1. The van der Waals surface area contributed by atoms with Crippen molar-refractivity contribution < 1.29 is 28.7 Å². The van der Waals surface area contributed by atoms with Gasteiger partial charge in [-0.05, 0) is 31.2 Å². The summed E-state index contributed by atoms with van der Waals surface area (Å²) in [5, 5.41) is 5.06. The highest BCUT2D eigenvalue weighted by Gasteiger charge is 2.26. The molecule has 0 aliphatic rings. The van der Waals surface area contributed by atoms with Gasteiger partial charge in [-0.25, -0.2) is 9.59 Å². The summed E-state index contributed by atoms with van der Waals surface area (Å²) in [5.41, 5.74) is 6.17. The lowest BCUT2D eigenvalue weighted by Gasteiger charge is -2.22. The average molecular weight is 434 g/mol. The van der Waals surface area contributed by atoms with E-state index in [1.807, 2.05) is 44.2 Å². The molecule has 0 saturated carbocycles. The quantitative estimate of drug-likeness (QED) is 0.340. The van der Waals surface area contributed by atoms with E-state index >= 15 is 0 Å². The molecule has 2 atom stereocenters. The Morgan fingerprint density at radius 3 is 2.29 bits per heavy atom. The van der Waals surface area contributed by atoms with Crippen LogP contribution in [0.25, 0.3) is 0 Å². The first-order chi connectivity index (χ1) is 14.7. The van der Waals surface area contributed by atoms with Crippen LogP contribution in [0.15, 0.2) is 42.5 Å². The van der Waals surface area contributed by atoms with E-state index in [1.54, 1.807) is 6.92 Å². The lowest BCUT2D eigenvalue weighted by atomic mass is 10.0. The van der Waals surface area contributed by atoms with Crippen LogP contribution in [0, 0.1) is 5.92 Å². The van der Waals surface area contributed by atoms with Crippen LogP contribution in [0.5, 0.6) is 0 Å². The highest BCUT2D eigenvalue weighted by atomic mass is 16.5. The van der Waals surface area contributed by atoms with Crippen molar-refractivity contribution in [1.29, 1.82) is 0 Å². The second-order valence-corrected chi connectivity index (χ2v) is 7.24. The molecule has 1 rings (SSSR count). The van der Waals surface area contributed by atoms with Crippen LogP contribution in [0.2, 0.25) is 0 Å². The molecule has 9 nitrogen and oxygen atoms in total. The number of nitrogens with two attached hydrogens (primary N) is 1. The van der Waals surface area contributed by atoms with Crippen LogP contribution in [0.1, 0.15) is 39.2 Å². The topological polar surface area (TPSA) is 137 Å². The molecule has 0 fully saturated rings. The van der Waals surface area contributed by atoms with Crippen LogP contribution in [-0.4, -0.2) is 42.6 Å². The van der Waals surface area contributed by atoms with E-state index in [9.17, 15) is 19.2 Å². The van der Waals surface area contributed by atoms with Gasteiger partial charge in [0.05, 0.1) is 6.61 Å². The molecule has 1 aromatic carbocycles. The van der Waals surface area contributed by atoms with E-state index < -0.39 is 36.0 Å². The molecular weight excluding hydrogens is 402 g/mol. The summed E-state index contributed by atoms with van der Waals surface area (Å²) in [6, 6.07) is 7.16. The molecule has 0 spiro atoms. The number of hydrogen-bond acceptors (Lipinski definition) is 6. The fourth-order valence-electron chi connectivity index (χ4n) is 2.62. The van der Waals surface area contributed by atoms with Crippen LogP contribution in [0.3, 0.4) is 0 Å². The molecule has 0 bridgehead atoms. The van der Waals surface area contributed by atoms with Gasteiger partial charge in [-0.1, -0.05) is 50.3 Å². The zero-order chi connectivity index (χ0) is 23.2. The molecule has 170 valence electrons. The van der Waals surface area contributed by atoms with Crippen molar-refractivity contribution in [2.45, 2.75) is 52.3 Å². The smallest absolute Gasteiger partial charge is 0.408 e. The zero-order valence-corrected chi connectivity index (χ0v) is 18.1. The number of nitrogens with one attached hydrogen (secondary N) is 2. The van der Waals surface area contributed by atoms with Crippen molar-refractivity contribution in [3.8, 4) is 0 Å². The molecule has 0 saturated heterocycles. The second kappa shape index (κ2) is 13.8. The molecule has 1 aromatic rings. The third-order valence-electron chi connectivity index (χ3n) is 4.10. The number of alkyl carbamates (subject to hydrolysis) is 1. The first kappa shape index (κ1) is 25.7. The third-order valence-corrected chi connectivity index (χ3v) is 4.10. The Bertz CT molecular complexity index is 764. The Hall–Kier alpha value is -3.36. The summed E-state index contributed by atoms with van der Waals surface area (Å²) < 4.78 is 9.93. The second-order valence-electron chi connectivity index (χ2n) is 7.24. The maximum Gasteiger partial charge on any atom is 0.408 e. The van der Waals surface area contributed by atoms with Crippen LogP contribution < -0.4 is 16.4 Å². The highest BCUT2D eigenvalue weighted by molar-refractivity contribution is 5.91. The normalized spacial score (nSPS) is 12.8. The number of ether oxygens (including phenoxy) is 2. The predicted octanol–water partition coefficient (Wildman–Crippen LogP) is 1.81. The number of benzene rings is 1. The molecular formula is C22H31N3O6. The van der Waals surface area contributed by atoms with Gasteiger partial charge in [0.25, 0.3) is 0 Å². The molecule has 9 heteroatoms. The fourth-order valence-corrected chi connectivity index (χ4v) is 2.62. The summed E-state index contributed by atoms with van der Waals surface area (Å²) in [6.45, 7) is 5.74. The summed E-state index contributed by atoms with van der Waals surface area (Å²) in [6.07, 6.45) is 2.15. The van der Waals surface area contributed by atoms with Gasteiger partial charge in [0, 0.05) is 6.08 Å². The van der Waals surface area contributed by atoms with Crippen LogP contribution in [-0.2, 0) is 30.5 Å². The van der Waals surface area contributed by atoms with Crippen LogP contribution in [0.4, 0.5) is 4.79 Å². The average Bonchev–Trinajstić information content (AvgIpc) is 2.71. The molecule has 0 radical (unpaired) electrons. The third kappa shape index (κ3) is 10.8. The molecule has 4 N–H and O–H groups in total. The number of carbonyl (C=O) groups excluding carboxylic acids is 4. The van der Waals surface area contributed by atoms with Crippen molar-refractivity contribution in [3.05, 3.63) is 48.0 Å². The highest BCUT2D eigenvalue weighted by Crippen LogP contribution is 2.08. The number of hydrogen-bond donors (Lipinski definition) is 3. The zero-order valence-electron chi connectivity index (χ0n) is 18.1. The Balaban J connectivity index is 2.70. The Kier molecular flexibility index (Phi) is 11.4. The Labute approximate surface area is 182 Å². The molecule has 3 amide bonds. The van der Waals surface area contributed by atoms with Gasteiger partial charge in [-0.3, -0.25) is 9.59 Å². The molecule has 0 unspecified atom stereocenters. The van der Waals surface area contributed by atoms with E-state index in [1.165, 1.54) is 6.08 Å². The monoisotopic (exact) mass is 433 g/mol. The molecule has 0 aromatic heterocycles. The predicted molar refractivity (Wildman–Crippen MR) is 115 cm³/mol. The lowest BCUT2D eigenvalue weighted by molar-refractivity contribution is -0.137. The minimum Gasteiger partial charge on any atom is -0.463 e. The summed E-state index contributed by atoms with van der Waals surface area (Å²) >= 11 is 0. The standard InChI is InChI=1S/C22H31N3O6/c1-4-30-19(26)12-8-11-17(20(23)27)24-21(28)18(13-15(2)3)25-22(29)31-14-16-9-6-5-7-10-16/h5-10,12,15,17-18H,4,11,13-14H2,1-3H3,(H2,23,27)(H,24,28)(H,25,29)/b12-8+/t17-,18-/m0/s1. The molecule has 31 heavy (non-hydrogen) atoms. The van der Waals surface area contributed by atoms with Crippen LogP contribution >= 0.6 is 0 Å². The molecule has 0 aliphatic heterocycles. The minimum atomic E-state index is -1.05. The number of rotatable bonds is 12. The van der Waals surface area contributed by atoms with Crippen molar-refractivity contribution in [2.75, 3.05) is 6.61 Å². The molecule has 0 heterocycles. The molecule has 0 aliphatic carbocycles.